The number of amides is 1. The standard InChI is InChI=1S/C16H21N3O2/c1-16(5-7-21-8-6-16)10-18-15(20)13-9-11-3-2-4-12(17)14(11)19-13/h2-4,9,19H,5-8,10,17H2,1H3,(H,18,20). The highest BCUT2D eigenvalue weighted by molar-refractivity contribution is 6.00. The first-order valence-corrected chi connectivity index (χ1v) is 7.31. The molecule has 1 saturated heterocycles. The fourth-order valence-electron chi connectivity index (χ4n) is 2.73. The number of carbonyl (C=O) groups is 1. The van der Waals surface area contributed by atoms with Gasteiger partial charge in [-0.15, -0.1) is 0 Å². The summed E-state index contributed by atoms with van der Waals surface area (Å²) in [5, 5.41) is 3.98. The van der Waals surface area contributed by atoms with Crippen LogP contribution >= 0.6 is 0 Å². The van der Waals surface area contributed by atoms with E-state index in [1.165, 1.54) is 0 Å². The number of hydrogen-bond acceptors (Lipinski definition) is 3. The van der Waals surface area contributed by atoms with E-state index in [4.69, 9.17) is 10.5 Å². The van der Waals surface area contributed by atoms with Gasteiger partial charge in [0.1, 0.15) is 5.69 Å². The van der Waals surface area contributed by atoms with Crippen LogP contribution in [0, 0.1) is 5.41 Å². The van der Waals surface area contributed by atoms with E-state index in [0.717, 1.165) is 37.0 Å². The molecular weight excluding hydrogens is 266 g/mol. The fourth-order valence-corrected chi connectivity index (χ4v) is 2.73. The lowest BCUT2D eigenvalue weighted by Crippen LogP contribution is -2.39. The summed E-state index contributed by atoms with van der Waals surface area (Å²) in [4.78, 5) is 15.4. The number of rotatable bonds is 3. The third-order valence-corrected chi connectivity index (χ3v) is 4.31. The van der Waals surface area contributed by atoms with Gasteiger partial charge in [-0.2, -0.15) is 0 Å². The molecule has 4 N–H and O–H groups in total. The minimum absolute atomic E-state index is 0.0849. The number of nitrogen functional groups attached to an aromatic ring is 1. The molecule has 0 spiro atoms. The predicted octanol–water partition coefficient (Wildman–Crippen LogP) is 2.30. The number of ether oxygens (including phenoxy) is 1. The van der Waals surface area contributed by atoms with Crippen LogP contribution in [-0.2, 0) is 4.74 Å². The smallest absolute Gasteiger partial charge is 0.267 e. The molecule has 0 aliphatic carbocycles. The van der Waals surface area contributed by atoms with Crippen molar-refractivity contribution in [3.8, 4) is 0 Å². The maximum absolute atomic E-state index is 12.3. The molecule has 1 aromatic carbocycles. The Bertz CT molecular complexity index is 657. The van der Waals surface area contributed by atoms with Gasteiger partial charge in [-0.25, -0.2) is 0 Å². The normalized spacial score (nSPS) is 17.8. The van der Waals surface area contributed by atoms with E-state index in [9.17, 15) is 4.79 Å². The third kappa shape index (κ3) is 2.88. The number of carbonyl (C=O) groups excluding carboxylic acids is 1. The summed E-state index contributed by atoms with van der Waals surface area (Å²) in [5.41, 5.74) is 8.06. The molecule has 0 saturated carbocycles. The van der Waals surface area contributed by atoms with Crippen molar-refractivity contribution < 1.29 is 9.53 Å². The molecule has 5 heteroatoms. The molecule has 112 valence electrons. The van der Waals surface area contributed by atoms with Crippen molar-refractivity contribution in [2.75, 3.05) is 25.5 Å². The lowest BCUT2D eigenvalue weighted by molar-refractivity contribution is 0.0238. The summed E-state index contributed by atoms with van der Waals surface area (Å²) in [7, 11) is 0. The predicted molar refractivity (Wildman–Crippen MR) is 83.2 cm³/mol. The molecule has 1 aliphatic rings. The van der Waals surface area contributed by atoms with Gasteiger partial charge in [0.05, 0.1) is 11.2 Å². The van der Waals surface area contributed by atoms with Crippen LogP contribution in [0.1, 0.15) is 30.3 Å². The van der Waals surface area contributed by atoms with Gasteiger partial charge in [0.2, 0.25) is 0 Å². The summed E-state index contributed by atoms with van der Waals surface area (Å²) < 4.78 is 5.38. The molecule has 0 radical (unpaired) electrons. The first-order chi connectivity index (χ1) is 10.1. The van der Waals surface area contributed by atoms with Gasteiger partial charge in [-0.3, -0.25) is 4.79 Å². The van der Waals surface area contributed by atoms with Crippen LogP contribution < -0.4 is 11.1 Å². The number of aromatic amines is 1. The van der Waals surface area contributed by atoms with Crippen molar-refractivity contribution in [2.24, 2.45) is 5.41 Å². The van der Waals surface area contributed by atoms with Crippen molar-refractivity contribution in [3.63, 3.8) is 0 Å². The van der Waals surface area contributed by atoms with Crippen molar-refractivity contribution in [1.82, 2.24) is 10.3 Å². The minimum atomic E-state index is -0.0849. The van der Waals surface area contributed by atoms with Gasteiger partial charge in [-0.1, -0.05) is 19.1 Å². The molecule has 1 aliphatic heterocycles. The average Bonchev–Trinajstić information content (AvgIpc) is 2.91. The number of nitrogens with one attached hydrogen (secondary N) is 2. The van der Waals surface area contributed by atoms with Gasteiger partial charge in [0, 0.05) is 25.1 Å². The number of fused-ring (bicyclic) bond motifs is 1. The number of hydrogen-bond donors (Lipinski definition) is 3. The highest BCUT2D eigenvalue weighted by Gasteiger charge is 2.28. The van der Waals surface area contributed by atoms with E-state index < -0.39 is 0 Å². The Labute approximate surface area is 123 Å². The highest BCUT2D eigenvalue weighted by atomic mass is 16.5. The molecule has 1 amide bonds. The number of benzene rings is 1. The Hall–Kier alpha value is -2.01. The zero-order valence-electron chi connectivity index (χ0n) is 12.2. The molecule has 2 heterocycles. The van der Waals surface area contributed by atoms with E-state index in [1.807, 2.05) is 24.3 Å². The van der Waals surface area contributed by atoms with Crippen molar-refractivity contribution in [3.05, 3.63) is 30.0 Å². The maximum atomic E-state index is 12.3. The van der Waals surface area contributed by atoms with Crippen LogP contribution in [-0.4, -0.2) is 30.6 Å². The number of anilines is 1. The summed E-state index contributed by atoms with van der Waals surface area (Å²) in [6.45, 7) is 4.41. The Balaban J connectivity index is 1.70. The van der Waals surface area contributed by atoms with Crippen LogP contribution in [0.2, 0.25) is 0 Å². The van der Waals surface area contributed by atoms with Crippen LogP contribution in [0.5, 0.6) is 0 Å². The lowest BCUT2D eigenvalue weighted by Gasteiger charge is -2.33. The van der Waals surface area contributed by atoms with E-state index in [2.05, 4.69) is 17.2 Å². The van der Waals surface area contributed by atoms with Gasteiger partial charge < -0.3 is 20.8 Å². The molecule has 1 fully saturated rings. The summed E-state index contributed by atoms with van der Waals surface area (Å²) >= 11 is 0. The van der Waals surface area contributed by atoms with Crippen molar-refractivity contribution >= 4 is 22.5 Å². The SMILES string of the molecule is CC1(CNC(=O)c2cc3cccc(N)c3[nH]2)CCOCC1. The topological polar surface area (TPSA) is 80.1 Å². The van der Waals surface area contributed by atoms with Crippen molar-refractivity contribution in [1.29, 1.82) is 0 Å². The first-order valence-electron chi connectivity index (χ1n) is 7.31. The van der Waals surface area contributed by atoms with E-state index in [0.29, 0.717) is 17.9 Å². The molecule has 5 nitrogen and oxygen atoms in total. The number of nitrogens with two attached hydrogens (primary N) is 1. The molecule has 21 heavy (non-hydrogen) atoms. The van der Waals surface area contributed by atoms with Gasteiger partial charge >= 0.3 is 0 Å². The van der Waals surface area contributed by atoms with Crippen molar-refractivity contribution in [2.45, 2.75) is 19.8 Å². The number of H-pyrrole nitrogens is 1. The molecular formula is C16H21N3O2. The molecule has 0 atom stereocenters. The van der Waals surface area contributed by atoms with Crippen LogP contribution in [0.25, 0.3) is 10.9 Å². The lowest BCUT2D eigenvalue weighted by atomic mass is 9.82. The van der Waals surface area contributed by atoms with Crippen LogP contribution in [0.15, 0.2) is 24.3 Å². The van der Waals surface area contributed by atoms with Gasteiger partial charge in [-0.05, 0) is 30.4 Å². The third-order valence-electron chi connectivity index (χ3n) is 4.31. The first kappa shape index (κ1) is 13.9. The fraction of sp³-hybridized carbons (Fsp3) is 0.438. The zero-order chi connectivity index (χ0) is 14.9. The summed E-state index contributed by atoms with van der Waals surface area (Å²) in [6.07, 6.45) is 1.96. The Morgan fingerprint density at radius 1 is 1.43 bits per heavy atom. The molecule has 2 aromatic rings. The zero-order valence-corrected chi connectivity index (χ0v) is 12.2. The van der Waals surface area contributed by atoms with Crippen LogP contribution in [0.4, 0.5) is 5.69 Å². The maximum Gasteiger partial charge on any atom is 0.267 e. The minimum Gasteiger partial charge on any atom is -0.397 e. The van der Waals surface area contributed by atoms with E-state index in [-0.39, 0.29) is 11.3 Å². The van der Waals surface area contributed by atoms with Crippen LogP contribution in [0.3, 0.4) is 0 Å². The molecule has 3 rings (SSSR count). The number of para-hydroxylation sites is 1. The molecule has 0 unspecified atom stereocenters. The van der Waals surface area contributed by atoms with Gasteiger partial charge in [0.15, 0.2) is 0 Å². The second-order valence-corrected chi connectivity index (χ2v) is 6.10. The summed E-state index contributed by atoms with van der Waals surface area (Å²) in [6, 6.07) is 7.49. The van der Waals surface area contributed by atoms with E-state index >= 15 is 0 Å². The largest absolute Gasteiger partial charge is 0.397 e. The summed E-state index contributed by atoms with van der Waals surface area (Å²) in [5.74, 6) is -0.0849. The van der Waals surface area contributed by atoms with Gasteiger partial charge in [0.25, 0.3) is 5.91 Å². The average molecular weight is 287 g/mol. The Morgan fingerprint density at radius 3 is 2.90 bits per heavy atom. The van der Waals surface area contributed by atoms with E-state index in [1.54, 1.807) is 0 Å². The molecule has 0 bridgehead atoms. The second-order valence-electron chi connectivity index (χ2n) is 6.10. The quantitative estimate of drug-likeness (QED) is 0.758. The monoisotopic (exact) mass is 287 g/mol. The Morgan fingerprint density at radius 2 is 2.19 bits per heavy atom. The highest BCUT2D eigenvalue weighted by Crippen LogP contribution is 2.29. The number of aromatic nitrogens is 1. The molecule has 1 aromatic heterocycles. The Kier molecular flexibility index (Phi) is 3.59. The second kappa shape index (κ2) is 5.41.